The number of rotatable bonds is 10. The molecule has 0 aromatic heterocycles. The summed E-state index contributed by atoms with van der Waals surface area (Å²) in [6.07, 6.45) is 3.17. The van der Waals surface area contributed by atoms with Gasteiger partial charge >= 0.3 is 0 Å². The standard InChI is InChI=1S/C18H32N4S/c1-5-22(6-2)17(14-16-10-8-7-9-11-16)15-21-18(19-3)20-12-13-23-4/h7-11,17H,5-6,12-15H2,1-4H3,(H2,19,20,21). The Morgan fingerprint density at radius 2 is 1.87 bits per heavy atom. The Morgan fingerprint density at radius 3 is 2.43 bits per heavy atom. The van der Waals surface area contributed by atoms with Gasteiger partial charge in [0.25, 0.3) is 0 Å². The fourth-order valence-corrected chi connectivity index (χ4v) is 2.97. The molecule has 0 saturated heterocycles. The van der Waals surface area contributed by atoms with Crippen LogP contribution in [-0.2, 0) is 6.42 Å². The van der Waals surface area contributed by atoms with E-state index in [0.717, 1.165) is 44.3 Å². The van der Waals surface area contributed by atoms with Crippen LogP contribution in [-0.4, -0.2) is 62.1 Å². The summed E-state index contributed by atoms with van der Waals surface area (Å²) in [7, 11) is 1.83. The molecule has 5 heteroatoms. The Morgan fingerprint density at radius 1 is 1.17 bits per heavy atom. The minimum atomic E-state index is 0.464. The zero-order valence-corrected chi connectivity index (χ0v) is 15.8. The summed E-state index contributed by atoms with van der Waals surface area (Å²) in [5.41, 5.74) is 1.39. The summed E-state index contributed by atoms with van der Waals surface area (Å²) < 4.78 is 0. The highest BCUT2D eigenvalue weighted by Crippen LogP contribution is 2.08. The van der Waals surface area contributed by atoms with Gasteiger partial charge in [0.15, 0.2) is 5.96 Å². The lowest BCUT2D eigenvalue weighted by atomic mass is 10.0. The minimum absolute atomic E-state index is 0.464. The predicted octanol–water partition coefficient (Wildman–Crippen LogP) is 2.47. The molecule has 4 nitrogen and oxygen atoms in total. The van der Waals surface area contributed by atoms with Crippen LogP contribution in [0.5, 0.6) is 0 Å². The fourth-order valence-electron chi connectivity index (χ4n) is 2.66. The predicted molar refractivity (Wildman–Crippen MR) is 105 cm³/mol. The van der Waals surface area contributed by atoms with Crippen LogP contribution < -0.4 is 10.6 Å². The Labute approximate surface area is 146 Å². The van der Waals surface area contributed by atoms with Crippen molar-refractivity contribution in [2.75, 3.05) is 45.2 Å². The van der Waals surface area contributed by atoms with E-state index in [2.05, 4.69) is 71.0 Å². The molecule has 1 aromatic carbocycles. The van der Waals surface area contributed by atoms with Crippen molar-refractivity contribution in [2.45, 2.75) is 26.3 Å². The van der Waals surface area contributed by atoms with Crippen LogP contribution in [0.2, 0.25) is 0 Å². The molecule has 23 heavy (non-hydrogen) atoms. The molecule has 0 fully saturated rings. The van der Waals surface area contributed by atoms with E-state index in [4.69, 9.17) is 0 Å². The van der Waals surface area contributed by atoms with E-state index in [9.17, 15) is 0 Å². The van der Waals surface area contributed by atoms with Gasteiger partial charge in [-0.1, -0.05) is 44.2 Å². The number of benzene rings is 1. The lowest BCUT2D eigenvalue weighted by molar-refractivity contribution is 0.215. The summed E-state index contributed by atoms with van der Waals surface area (Å²) in [4.78, 5) is 6.83. The zero-order valence-electron chi connectivity index (χ0n) is 15.0. The van der Waals surface area contributed by atoms with Gasteiger partial charge < -0.3 is 10.6 Å². The number of aliphatic imine (C=N–C) groups is 1. The molecule has 130 valence electrons. The third-order valence-corrected chi connectivity index (χ3v) is 4.58. The van der Waals surface area contributed by atoms with Crippen LogP contribution in [0.4, 0.5) is 0 Å². The van der Waals surface area contributed by atoms with Crippen molar-refractivity contribution in [2.24, 2.45) is 4.99 Å². The van der Waals surface area contributed by atoms with E-state index in [1.165, 1.54) is 5.56 Å². The molecular weight excluding hydrogens is 304 g/mol. The number of likely N-dealkylation sites (N-methyl/N-ethyl adjacent to an activating group) is 1. The number of hydrogen-bond acceptors (Lipinski definition) is 3. The summed E-state index contributed by atoms with van der Waals surface area (Å²) >= 11 is 1.84. The summed E-state index contributed by atoms with van der Waals surface area (Å²) in [6.45, 7) is 8.42. The number of nitrogens with one attached hydrogen (secondary N) is 2. The summed E-state index contributed by atoms with van der Waals surface area (Å²) in [6, 6.07) is 11.2. The van der Waals surface area contributed by atoms with Crippen LogP contribution in [0.25, 0.3) is 0 Å². The molecule has 0 bridgehead atoms. The number of guanidine groups is 1. The Hall–Kier alpha value is -1.20. The Balaban J connectivity index is 2.61. The van der Waals surface area contributed by atoms with Gasteiger partial charge in [-0.15, -0.1) is 0 Å². The van der Waals surface area contributed by atoms with Gasteiger partial charge in [-0.05, 0) is 31.3 Å². The van der Waals surface area contributed by atoms with Crippen LogP contribution in [0.15, 0.2) is 35.3 Å². The molecule has 0 aliphatic carbocycles. The SMILES string of the molecule is CCN(CC)C(CNC(=NC)NCCSC)Cc1ccccc1. The highest BCUT2D eigenvalue weighted by Gasteiger charge is 2.16. The topological polar surface area (TPSA) is 39.7 Å². The van der Waals surface area contributed by atoms with Crippen molar-refractivity contribution < 1.29 is 0 Å². The van der Waals surface area contributed by atoms with Crippen LogP contribution in [0.3, 0.4) is 0 Å². The normalized spacial score (nSPS) is 13.2. The number of nitrogens with zero attached hydrogens (tertiary/aromatic N) is 2. The first-order valence-electron chi connectivity index (χ1n) is 8.46. The van der Waals surface area contributed by atoms with Gasteiger partial charge in [-0.3, -0.25) is 9.89 Å². The second-order valence-electron chi connectivity index (χ2n) is 5.44. The molecule has 0 saturated carbocycles. The van der Waals surface area contributed by atoms with E-state index in [0.29, 0.717) is 6.04 Å². The third-order valence-electron chi connectivity index (χ3n) is 3.97. The first-order chi connectivity index (χ1) is 11.2. The zero-order chi connectivity index (χ0) is 16.9. The van der Waals surface area contributed by atoms with Crippen molar-refractivity contribution >= 4 is 17.7 Å². The van der Waals surface area contributed by atoms with Crippen molar-refractivity contribution in [1.29, 1.82) is 0 Å². The first-order valence-corrected chi connectivity index (χ1v) is 9.85. The van der Waals surface area contributed by atoms with E-state index in [1.54, 1.807) is 0 Å². The smallest absolute Gasteiger partial charge is 0.191 e. The van der Waals surface area contributed by atoms with Crippen molar-refractivity contribution in [3.8, 4) is 0 Å². The largest absolute Gasteiger partial charge is 0.356 e. The maximum absolute atomic E-state index is 4.32. The molecule has 1 unspecified atom stereocenters. The molecule has 0 radical (unpaired) electrons. The first kappa shape index (κ1) is 19.8. The quantitative estimate of drug-likeness (QED) is 0.391. The van der Waals surface area contributed by atoms with Crippen LogP contribution in [0, 0.1) is 0 Å². The van der Waals surface area contributed by atoms with Crippen LogP contribution >= 0.6 is 11.8 Å². The second kappa shape index (κ2) is 12.3. The molecule has 1 atom stereocenters. The maximum atomic E-state index is 4.32. The molecule has 0 spiro atoms. The highest BCUT2D eigenvalue weighted by atomic mass is 32.2. The molecular formula is C18H32N4S. The van der Waals surface area contributed by atoms with Gasteiger partial charge in [0.1, 0.15) is 0 Å². The average molecular weight is 337 g/mol. The maximum Gasteiger partial charge on any atom is 0.191 e. The molecule has 1 aromatic rings. The summed E-state index contributed by atoms with van der Waals surface area (Å²) in [5, 5.41) is 6.85. The van der Waals surface area contributed by atoms with E-state index in [-0.39, 0.29) is 0 Å². The Kier molecular flexibility index (Phi) is 10.6. The molecule has 0 amide bonds. The molecule has 2 N–H and O–H groups in total. The van der Waals surface area contributed by atoms with Crippen molar-refractivity contribution in [1.82, 2.24) is 15.5 Å². The number of hydrogen-bond donors (Lipinski definition) is 2. The number of thioether (sulfide) groups is 1. The minimum Gasteiger partial charge on any atom is -0.356 e. The lowest BCUT2D eigenvalue weighted by Gasteiger charge is -2.30. The Bertz CT molecular complexity index is 432. The third kappa shape index (κ3) is 7.75. The van der Waals surface area contributed by atoms with E-state index in [1.807, 2.05) is 18.8 Å². The summed E-state index contributed by atoms with van der Waals surface area (Å²) in [5.74, 6) is 1.98. The lowest BCUT2D eigenvalue weighted by Crippen LogP contribution is -2.48. The monoisotopic (exact) mass is 336 g/mol. The van der Waals surface area contributed by atoms with E-state index < -0.39 is 0 Å². The van der Waals surface area contributed by atoms with Crippen LogP contribution in [0.1, 0.15) is 19.4 Å². The molecule has 0 aliphatic heterocycles. The van der Waals surface area contributed by atoms with E-state index >= 15 is 0 Å². The molecule has 0 heterocycles. The van der Waals surface area contributed by atoms with Gasteiger partial charge in [-0.2, -0.15) is 11.8 Å². The van der Waals surface area contributed by atoms with Gasteiger partial charge in [0.05, 0.1) is 0 Å². The average Bonchev–Trinajstić information content (AvgIpc) is 2.59. The van der Waals surface area contributed by atoms with Gasteiger partial charge in [0.2, 0.25) is 0 Å². The highest BCUT2D eigenvalue weighted by molar-refractivity contribution is 7.98. The van der Waals surface area contributed by atoms with Gasteiger partial charge in [-0.25, -0.2) is 0 Å². The molecule has 1 rings (SSSR count). The van der Waals surface area contributed by atoms with Gasteiger partial charge in [0, 0.05) is 31.9 Å². The fraction of sp³-hybridized carbons (Fsp3) is 0.611. The second-order valence-corrected chi connectivity index (χ2v) is 6.42. The van der Waals surface area contributed by atoms with Crippen molar-refractivity contribution in [3.05, 3.63) is 35.9 Å². The molecule has 0 aliphatic rings. The van der Waals surface area contributed by atoms with Crippen molar-refractivity contribution in [3.63, 3.8) is 0 Å².